The maximum atomic E-state index is 12.2. The zero-order valence-corrected chi connectivity index (χ0v) is 11.6. The van der Waals surface area contributed by atoms with Gasteiger partial charge in [0.2, 0.25) is 10.0 Å². The second kappa shape index (κ2) is 4.58. The van der Waals surface area contributed by atoms with Crippen molar-refractivity contribution in [2.24, 2.45) is 11.3 Å². The van der Waals surface area contributed by atoms with Gasteiger partial charge in [-0.2, -0.15) is 0 Å². The van der Waals surface area contributed by atoms with E-state index in [0.29, 0.717) is 10.8 Å². The lowest BCUT2D eigenvalue weighted by Gasteiger charge is -2.17. The third kappa shape index (κ3) is 2.42. The van der Waals surface area contributed by atoms with Gasteiger partial charge in [-0.15, -0.1) is 0 Å². The van der Waals surface area contributed by atoms with Crippen molar-refractivity contribution in [2.45, 2.75) is 36.6 Å². The number of rotatable bonds is 5. The number of aliphatic hydroxyl groups excluding tert-OH is 1. The van der Waals surface area contributed by atoms with Gasteiger partial charge in [-0.05, 0) is 49.1 Å². The van der Waals surface area contributed by atoms with Gasteiger partial charge in [-0.1, -0.05) is 18.2 Å². The summed E-state index contributed by atoms with van der Waals surface area (Å²) in [4.78, 5) is 0.326. The monoisotopic (exact) mass is 281 g/mol. The van der Waals surface area contributed by atoms with Gasteiger partial charge in [-0.25, -0.2) is 13.1 Å². The topological polar surface area (TPSA) is 66.4 Å². The Bertz CT molecular complexity index is 557. The number of fused-ring (bicyclic) bond motifs is 1. The van der Waals surface area contributed by atoms with Crippen LogP contribution in [0.2, 0.25) is 0 Å². The Morgan fingerprint density at radius 1 is 1.26 bits per heavy atom. The van der Waals surface area contributed by atoms with Crippen LogP contribution in [0.5, 0.6) is 0 Å². The number of hydrogen-bond acceptors (Lipinski definition) is 3. The van der Waals surface area contributed by atoms with Crippen LogP contribution in [0.1, 0.15) is 25.7 Å². The van der Waals surface area contributed by atoms with E-state index < -0.39 is 10.0 Å². The Hall–Kier alpha value is -0.910. The van der Waals surface area contributed by atoms with E-state index in [1.165, 1.54) is 0 Å². The molecule has 104 valence electrons. The van der Waals surface area contributed by atoms with Gasteiger partial charge in [0.1, 0.15) is 0 Å². The van der Waals surface area contributed by atoms with Crippen LogP contribution in [0.25, 0.3) is 0 Å². The minimum atomic E-state index is -3.40. The summed E-state index contributed by atoms with van der Waals surface area (Å²) >= 11 is 0. The van der Waals surface area contributed by atoms with E-state index in [9.17, 15) is 8.42 Å². The largest absolute Gasteiger partial charge is 0.396 e. The fourth-order valence-electron chi connectivity index (χ4n) is 3.54. The molecule has 0 bridgehead atoms. The summed E-state index contributed by atoms with van der Waals surface area (Å²) in [6.45, 7) is 0.203. The summed E-state index contributed by atoms with van der Waals surface area (Å²) in [5, 5.41) is 9.08. The van der Waals surface area contributed by atoms with Crippen molar-refractivity contribution in [2.75, 3.05) is 6.61 Å². The molecule has 0 radical (unpaired) electrons. The summed E-state index contributed by atoms with van der Waals surface area (Å²) in [5.41, 5.74) is 0.221. The molecule has 0 aliphatic heterocycles. The van der Waals surface area contributed by atoms with Gasteiger partial charge in [0.05, 0.1) is 4.90 Å². The molecule has 1 aromatic rings. The first-order valence-corrected chi connectivity index (χ1v) is 8.22. The molecule has 2 N–H and O–H groups in total. The minimum absolute atomic E-state index is 0.0236. The van der Waals surface area contributed by atoms with Crippen molar-refractivity contribution in [1.29, 1.82) is 0 Å². The van der Waals surface area contributed by atoms with Crippen LogP contribution in [-0.2, 0) is 10.0 Å². The molecular weight excluding hydrogens is 262 g/mol. The number of nitrogens with one attached hydrogen (secondary N) is 1. The molecule has 0 amide bonds. The van der Waals surface area contributed by atoms with E-state index in [-0.39, 0.29) is 18.1 Å². The van der Waals surface area contributed by atoms with Gasteiger partial charge in [0, 0.05) is 12.6 Å². The van der Waals surface area contributed by atoms with Crippen LogP contribution in [0.15, 0.2) is 35.2 Å². The van der Waals surface area contributed by atoms with Gasteiger partial charge in [-0.3, -0.25) is 0 Å². The molecule has 3 rings (SSSR count). The molecule has 5 heteroatoms. The molecule has 2 aliphatic rings. The zero-order chi connectivity index (χ0) is 13.5. The average Bonchev–Trinajstić information content (AvgIpc) is 2.92. The van der Waals surface area contributed by atoms with Crippen LogP contribution in [0.4, 0.5) is 0 Å². The average molecular weight is 281 g/mol. The van der Waals surface area contributed by atoms with E-state index in [0.717, 1.165) is 25.7 Å². The van der Waals surface area contributed by atoms with E-state index in [1.54, 1.807) is 30.3 Å². The summed E-state index contributed by atoms with van der Waals surface area (Å²) in [7, 11) is -3.40. The van der Waals surface area contributed by atoms with Gasteiger partial charge in [0.25, 0.3) is 0 Å². The number of aliphatic hydroxyl groups is 1. The summed E-state index contributed by atoms with van der Waals surface area (Å²) < 4.78 is 27.2. The van der Waals surface area contributed by atoms with E-state index in [2.05, 4.69) is 4.72 Å². The normalized spacial score (nSPS) is 33.1. The highest BCUT2D eigenvalue weighted by atomic mass is 32.2. The maximum Gasteiger partial charge on any atom is 0.240 e. The fraction of sp³-hybridized carbons (Fsp3) is 0.571. The van der Waals surface area contributed by atoms with Crippen LogP contribution in [-0.4, -0.2) is 26.2 Å². The number of hydrogen-bond donors (Lipinski definition) is 2. The second-order valence-corrected chi connectivity index (χ2v) is 7.52. The Morgan fingerprint density at radius 3 is 2.68 bits per heavy atom. The molecule has 1 unspecified atom stereocenters. The predicted molar refractivity (Wildman–Crippen MR) is 72.0 cm³/mol. The fourth-order valence-corrected chi connectivity index (χ4v) is 4.81. The molecule has 19 heavy (non-hydrogen) atoms. The Kier molecular flexibility index (Phi) is 3.15. The maximum absolute atomic E-state index is 12.2. The first-order chi connectivity index (χ1) is 9.06. The quantitative estimate of drug-likeness (QED) is 0.860. The Balaban J connectivity index is 1.67. The molecule has 4 nitrogen and oxygen atoms in total. The lowest BCUT2D eigenvalue weighted by molar-refractivity contribution is 0.242. The van der Waals surface area contributed by atoms with E-state index in [4.69, 9.17) is 5.11 Å². The molecular formula is C14H19NO3S. The number of benzene rings is 1. The predicted octanol–water partition coefficient (Wildman–Crippen LogP) is 1.52. The number of sulfonamides is 1. The highest BCUT2D eigenvalue weighted by Gasteiger charge is 2.59. The SMILES string of the molecule is O=S(=O)(N[C@@H]1C[C@H]2CC2(CCO)C1)c1ccccc1. The van der Waals surface area contributed by atoms with Gasteiger partial charge >= 0.3 is 0 Å². The third-order valence-electron chi connectivity index (χ3n) is 4.57. The summed E-state index contributed by atoms with van der Waals surface area (Å²) in [6.07, 6.45) is 3.73. The molecule has 0 aromatic heterocycles. The van der Waals surface area contributed by atoms with Crippen LogP contribution < -0.4 is 4.72 Å². The van der Waals surface area contributed by atoms with Gasteiger partial charge < -0.3 is 5.11 Å². The van der Waals surface area contributed by atoms with E-state index >= 15 is 0 Å². The lowest BCUT2D eigenvalue weighted by atomic mass is 9.99. The molecule has 0 heterocycles. The van der Waals surface area contributed by atoms with Crippen molar-refractivity contribution in [3.8, 4) is 0 Å². The van der Waals surface area contributed by atoms with Gasteiger partial charge in [0.15, 0.2) is 0 Å². The molecule has 0 spiro atoms. The first kappa shape index (κ1) is 13.1. The van der Waals surface area contributed by atoms with Crippen molar-refractivity contribution < 1.29 is 13.5 Å². The molecule has 3 atom stereocenters. The molecule has 2 fully saturated rings. The van der Waals surface area contributed by atoms with Crippen molar-refractivity contribution in [3.05, 3.63) is 30.3 Å². The van der Waals surface area contributed by atoms with E-state index in [1.807, 2.05) is 0 Å². The smallest absolute Gasteiger partial charge is 0.240 e. The van der Waals surface area contributed by atoms with Crippen LogP contribution in [0, 0.1) is 11.3 Å². The van der Waals surface area contributed by atoms with Crippen molar-refractivity contribution in [1.82, 2.24) is 4.72 Å². The van der Waals surface area contributed by atoms with Crippen molar-refractivity contribution >= 4 is 10.0 Å². The Labute approximate surface area is 113 Å². The highest BCUT2D eigenvalue weighted by molar-refractivity contribution is 7.89. The third-order valence-corrected chi connectivity index (χ3v) is 6.10. The highest BCUT2D eigenvalue weighted by Crippen LogP contribution is 2.65. The second-order valence-electron chi connectivity index (χ2n) is 5.81. The zero-order valence-electron chi connectivity index (χ0n) is 10.7. The van der Waals surface area contributed by atoms with Crippen LogP contribution >= 0.6 is 0 Å². The first-order valence-electron chi connectivity index (χ1n) is 6.74. The van der Waals surface area contributed by atoms with Crippen LogP contribution in [0.3, 0.4) is 0 Å². The Morgan fingerprint density at radius 2 is 2.00 bits per heavy atom. The molecule has 2 aliphatic carbocycles. The van der Waals surface area contributed by atoms with Crippen molar-refractivity contribution in [3.63, 3.8) is 0 Å². The molecule has 2 saturated carbocycles. The lowest BCUT2D eigenvalue weighted by Crippen LogP contribution is -2.34. The minimum Gasteiger partial charge on any atom is -0.396 e. The molecule has 0 saturated heterocycles. The summed E-state index contributed by atoms with van der Waals surface area (Å²) in [5.74, 6) is 0.600. The summed E-state index contributed by atoms with van der Waals surface area (Å²) in [6, 6.07) is 8.51. The molecule has 1 aromatic carbocycles. The standard InChI is InChI=1S/C14H19NO3S/c16-7-6-14-9-11(14)8-12(10-14)15-19(17,18)13-4-2-1-3-5-13/h1-5,11-12,15-16H,6-10H2/t11-,12+,14?/m0/s1.